The number of ether oxygens (including phenoxy) is 2. The first kappa shape index (κ1) is 8.93. The summed E-state index contributed by atoms with van der Waals surface area (Å²) in [6.45, 7) is 1.67. The van der Waals surface area contributed by atoms with Gasteiger partial charge in [0.25, 0.3) is 0 Å². The van der Waals surface area contributed by atoms with Gasteiger partial charge in [-0.05, 0) is 6.92 Å². The molecule has 0 radical (unpaired) electrons. The third-order valence-electron chi connectivity index (χ3n) is 1.93. The Hall–Kier alpha value is -0.160. The summed E-state index contributed by atoms with van der Waals surface area (Å²) in [6.07, 6.45) is -0.388. The summed E-state index contributed by atoms with van der Waals surface area (Å²) in [5.74, 6) is 0. The second-order valence-electron chi connectivity index (χ2n) is 2.91. The van der Waals surface area contributed by atoms with E-state index in [9.17, 15) is 5.11 Å². The van der Waals surface area contributed by atoms with Crippen LogP contribution in [0.25, 0.3) is 0 Å². The summed E-state index contributed by atoms with van der Waals surface area (Å²) in [5, 5.41) is 9.18. The van der Waals surface area contributed by atoms with Gasteiger partial charge in [-0.2, -0.15) is 0 Å². The molecule has 1 aliphatic rings. The van der Waals surface area contributed by atoms with E-state index in [1.54, 1.807) is 14.0 Å². The van der Waals surface area contributed by atoms with Crippen LogP contribution in [0.3, 0.4) is 0 Å². The summed E-state index contributed by atoms with van der Waals surface area (Å²) in [5.41, 5.74) is 5.68. The Morgan fingerprint density at radius 2 is 2.36 bits per heavy atom. The van der Waals surface area contributed by atoms with Gasteiger partial charge >= 0.3 is 0 Å². The molecular formula is C7H15NO3. The van der Waals surface area contributed by atoms with Crippen molar-refractivity contribution < 1.29 is 14.6 Å². The molecule has 0 aromatic rings. The first-order chi connectivity index (χ1) is 5.15. The van der Waals surface area contributed by atoms with Crippen molar-refractivity contribution in [1.29, 1.82) is 0 Å². The van der Waals surface area contributed by atoms with Crippen molar-refractivity contribution in [3.05, 3.63) is 0 Å². The van der Waals surface area contributed by atoms with Gasteiger partial charge in [0.1, 0.15) is 6.10 Å². The fourth-order valence-electron chi connectivity index (χ4n) is 1.31. The fraction of sp³-hybridized carbons (Fsp3) is 1.00. The zero-order chi connectivity index (χ0) is 8.43. The van der Waals surface area contributed by atoms with E-state index >= 15 is 0 Å². The lowest BCUT2D eigenvalue weighted by Crippen LogP contribution is -2.38. The standard InChI is InChI=1S/C7H15NO3/c1-4(9)7-5(8)3-6(10-2)11-7/h4-7,9H,3,8H2,1-2H3. The second-order valence-corrected chi connectivity index (χ2v) is 2.91. The molecule has 0 spiro atoms. The molecule has 1 rings (SSSR count). The van der Waals surface area contributed by atoms with Gasteiger partial charge in [-0.3, -0.25) is 0 Å². The zero-order valence-electron chi connectivity index (χ0n) is 6.86. The molecule has 0 aromatic heterocycles. The Labute approximate surface area is 66.3 Å². The van der Waals surface area contributed by atoms with E-state index in [0.717, 1.165) is 0 Å². The number of hydrogen-bond donors (Lipinski definition) is 2. The molecule has 1 fully saturated rings. The number of methoxy groups -OCH3 is 1. The lowest BCUT2D eigenvalue weighted by Gasteiger charge is -2.17. The van der Waals surface area contributed by atoms with E-state index < -0.39 is 6.10 Å². The smallest absolute Gasteiger partial charge is 0.159 e. The Balaban J connectivity index is 2.45. The summed E-state index contributed by atoms with van der Waals surface area (Å²) < 4.78 is 10.2. The van der Waals surface area contributed by atoms with Crippen molar-refractivity contribution in [1.82, 2.24) is 0 Å². The number of aliphatic hydroxyl groups excluding tert-OH is 1. The predicted molar refractivity (Wildman–Crippen MR) is 39.9 cm³/mol. The molecule has 1 saturated heterocycles. The van der Waals surface area contributed by atoms with E-state index in [2.05, 4.69) is 0 Å². The van der Waals surface area contributed by atoms with Gasteiger partial charge in [-0.25, -0.2) is 0 Å². The van der Waals surface area contributed by atoms with E-state index in [4.69, 9.17) is 15.2 Å². The molecule has 4 heteroatoms. The zero-order valence-corrected chi connectivity index (χ0v) is 6.86. The number of rotatable bonds is 2. The van der Waals surface area contributed by atoms with Crippen LogP contribution in [0, 0.1) is 0 Å². The van der Waals surface area contributed by atoms with Gasteiger partial charge in [-0.15, -0.1) is 0 Å². The summed E-state index contributed by atoms with van der Waals surface area (Å²) in [6, 6.07) is -0.111. The van der Waals surface area contributed by atoms with E-state index in [1.807, 2.05) is 0 Å². The van der Waals surface area contributed by atoms with Crippen molar-refractivity contribution in [3.63, 3.8) is 0 Å². The van der Waals surface area contributed by atoms with Crippen LogP contribution in [0.15, 0.2) is 0 Å². The van der Waals surface area contributed by atoms with Crippen LogP contribution in [-0.2, 0) is 9.47 Å². The first-order valence-electron chi connectivity index (χ1n) is 3.77. The highest BCUT2D eigenvalue weighted by atomic mass is 16.7. The highest BCUT2D eigenvalue weighted by Crippen LogP contribution is 2.21. The third-order valence-corrected chi connectivity index (χ3v) is 1.93. The van der Waals surface area contributed by atoms with Crippen LogP contribution in [0.5, 0.6) is 0 Å². The van der Waals surface area contributed by atoms with Crippen LogP contribution in [-0.4, -0.2) is 36.8 Å². The Morgan fingerprint density at radius 1 is 1.73 bits per heavy atom. The van der Waals surface area contributed by atoms with Crippen LogP contribution in [0.1, 0.15) is 13.3 Å². The Bertz CT molecular complexity index is 129. The molecule has 66 valence electrons. The third kappa shape index (κ3) is 1.90. The normalized spacial score (nSPS) is 40.9. The molecule has 0 bridgehead atoms. The van der Waals surface area contributed by atoms with E-state index in [-0.39, 0.29) is 18.4 Å². The maximum atomic E-state index is 9.18. The average molecular weight is 161 g/mol. The minimum atomic E-state index is -0.523. The molecule has 1 heterocycles. The number of aliphatic hydroxyl groups is 1. The predicted octanol–water partition coefficient (Wildman–Crippen LogP) is -0.544. The molecule has 0 saturated carbocycles. The fourth-order valence-corrected chi connectivity index (χ4v) is 1.31. The molecular weight excluding hydrogens is 146 g/mol. The molecule has 0 amide bonds. The monoisotopic (exact) mass is 161 g/mol. The summed E-state index contributed by atoms with van der Waals surface area (Å²) in [4.78, 5) is 0. The van der Waals surface area contributed by atoms with Crippen LogP contribution < -0.4 is 5.73 Å². The molecule has 1 aliphatic heterocycles. The van der Waals surface area contributed by atoms with Crippen LogP contribution in [0.4, 0.5) is 0 Å². The van der Waals surface area contributed by atoms with Crippen LogP contribution in [0.2, 0.25) is 0 Å². The maximum absolute atomic E-state index is 9.18. The molecule has 0 aromatic carbocycles. The van der Waals surface area contributed by atoms with Gasteiger partial charge in [0, 0.05) is 19.6 Å². The van der Waals surface area contributed by atoms with Gasteiger partial charge < -0.3 is 20.3 Å². The maximum Gasteiger partial charge on any atom is 0.159 e. The molecule has 11 heavy (non-hydrogen) atoms. The minimum absolute atomic E-state index is 0.111. The first-order valence-corrected chi connectivity index (χ1v) is 3.77. The van der Waals surface area contributed by atoms with Crippen molar-refractivity contribution >= 4 is 0 Å². The highest BCUT2D eigenvalue weighted by molar-refractivity contribution is 4.84. The Kier molecular flexibility index (Phi) is 2.84. The van der Waals surface area contributed by atoms with Crippen molar-refractivity contribution in [2.45, 2.75) is 37.9 Å². The molecule has 4 unspecified atom stereocenters. The summed E-state index contributed by atoms with van der Waals surface area (Å²) in [7, 11) is 1.57. The molecule has 0 aliphatic carbocycles. The molecule has 4 nitrogen and oxygen atoms in total. The van der Waals surface area contributed by atoms with Crippen molar-refractivity contribution in [3.8, 4) is 0 Å². The minimum Gasteiger partial charge on any atom is -0.391 e. The van der Waals surface area contributed by atoms with Crippen LogP contribution >= 0.6 is 0 Å². The Morgan fingerprint density at radius 3 is 2.64 bits per heavy atom. The summed E-state index contributed by atoms with van der Waals surface area (Å²) >= 11 is 0. The van der Waals surface area contributed by atoms with Crippen molar-refractivity contribution in [2.24, 2.45) is 5.73 Å². The van der Waals surface area contributed by atoms with Crippen molar-refractivity contribution in [2.75, 3.05) is 7.11 Å². The highest BCUT2D eigenvalue weighted by Gasteiger charge is 2.35. The number of nitrogens with two attached hydrogens (primary N) is 1. The largest absolute Gasteiger partial charge is 0.391 e. The van der Waals surface area contributed by atoms with Gasteiger partial charge in [0.15, 0.2) is 6.29 Å². The quantitative estimate of drug-likeness (QED) is 0.570. The van der Waals surface area contributed by atoms with Gasteiger partial charge in [0.2, 0.25) is 0 Å². The SMILES string of the molecule is COC1CC(N)C(C(C)O)O1. The molecule has 4 atom stereocenters. The topological polar surface area (TPSA) is 64.7 Å². The second kappa shape index (κ2) is 3.49. The molecule has 3 N–H and O–H groups in total. The van der Waals surface area contributed by atoms with E-state index in [0.29, 0.717) is 6.42 Å². The average Bonchev–Trinajstić information content (AvgIpc) is 2.30. The lowest BCUT2D eigenvalue weighted by atomic mass is 10.1. The lowest BCUT2D eigenvalue weighted by molar-refractivity contribution is -0.136. The number of hydrogen-bond acceptors (Lipinski definition) is 4. The van der Waals surface area contributed by atoms with Gasteiger partial charge in [-0.1, -0.05) is 0 Å². The van der Waals surface area contributed by atoms with Gasteiger partial charge in [0.05, 0.1) is 6.10 Å². The van der Waals surface area contributed by atoms with E-state index in [1.165, 1.54) is 0 Å².